The number of nitrogens with zero attached hydrogens (tertiary/aromatic N) is 2. The first-order valence-corrected chi connectivity index (χ1v) is 7.67. The summed E-state index contributed by atoms with van der Waals surface area (Å²) in [6.07, 6.45) is 0. The third-order valence-electron chi connectivity index (χ3n) is 3.64. The van der Waals surface area contributed by atoms with E-state index in [0.29, 0.717) is 29.8 Å². The van der Waals surface area contributed by atoms with Gasteiger partial charge in [-0.05, 0) is 24.3 Å². The number of rotatable bonds is 7. The lowest BCUT2D eigenvalue weighted by Crippen LogP contribution is -2.02. The third-order valence-corrected chi connectivity index (χ3v) is 3.64. The molecular formula is C18H19N3O4. The van der Waals surface area contributed by atoms with Crippen LogP contribution in [0.1, 0.15) is 5.89 Å². The fourth-order valence-electron chi connectivity index (χ4n) is 2.37. The SMILES string of the molecule is COc1ccc(NCc2nnc(-c3ccccc3OC)o2)c(OC)c1. The molecule has 0 saturated carbocycles. The fraction of sp³-hybridized carbons (Fsp3) is 0.222. The number of ether oxygens (including phenoxy) is 3. The summed E-state index contributed by atoms with van der Waals surface area (Å²) in [5, 5.41) is 11.4. The van der Waals surface area contributed by atoms with E-state index >= 15 is 0 Å². The highest BCUT2D eigenvalue weighted by molar-refractivity contribution is 5.62. The molecule has 7 nitrogen and oxygen atoms in total. The van der Waals surface area contributed by atoms with Gasteiger partial charge in [-0.3, -0.25) is 0 Å². The van der Waals surface area contributed by atoms with Crippen molar-refractivity contribution in [2.45, 2.75) is 6.54 Å². The summed E-state index contributed by atoms with van der Waals surface area (Å²) in [6.45, 7) is 0.366. The van der Waals surface area contributed by atoms with Gasteiger partial charge in [-0.25, -0.2) is 0 Å². The number of nitrogens with one attached hydrogen (secondary N) is 1. The van der Waals surface area contributed by atoms with Crippen molar-refractivity contribution in [1.82, 2.24) is 10.2 Å². The zero-order valence-electron chi connectivity index (χ0n) is 14.3. The van der Waals surface area contributed by atoms with Crippen molar-refractivity contribution in [2.24, 2.45) is 0 Å². The molecular weight excluding hydrogens is 322 g/mol. The molecule has 3 rings (SSSR count). The molecule has 0 spiro atoms. The molecule has 1 aromatic heterocycles. The van der Waals surface area contributed by atoms with E-state index in [1.165, 1.54) is 0 Å². The maximum atomic E-state index is 5.72. The lowest BCUT2D eigenvalue weighted by molar-refractivity contribution is 0.395. The monoisotopic (exact) mass is 341 g/mol. The minimum Gasteiger partial charge on any atom is -0.497 e. The minimum atomic E-state index is 0.366. The summed E-state index contributed by atoms with van der Waals surface area (Å²) in [4.78, 5) is 0. The highest BCUT2D eigenvalue weighted by atomic mass is 16.5. The number of aromatic nitrogens is 2. The summed E-state index contributed by atoms with van der Waals surface area (Å²) in [5.41, 5.74) is 1.56. The van der Waals surface area contributed by atoms with Gasteiger partial charge in [0, 0.05) is 6.07 Å². The first kappa shape index (κ1) is 16.6. The van der Waals surface area contributed by atoms with Crippen molar-refractivity contribution in [2.75, 3.05) is 26.6 Å². The van der Waals surface area contributed by atoms with Crippen molar-refractivity contribution in [3.63, 3.8) is 0 Å². The first-order valence-electron chi connectivity index (χ1n) is 7.67. The Bertz CT molecular complexity index is 848. The van der Waals surface area contributed by atoms with Crippen LogP contribution in [0.2, 0.25) is 0 Å². The molecule has 0 unspecified atom stereocenters. The van der Waals surface area contributed by atoms with E-state index < -0.39 is 0 Å². The summed E-state index contributed by atoms with van der Waals surface area (Å²) >= 11 is 0. The lowest BCUT2D eigenvalue weighted by Gasteiger charge is -2.11. The van der Waals surface area contributed by atoms with Gasteiger partial charge in [0.1, 0.15) is 17.2 Å². The van der Waals surface area contributed by atoms with Crippen LogP contribution in [0.25, 0.3) is 11.5 Å². The van der Waals surface area contributed by atoms with Crippen molar-refractivity contribution < 1.29 is 18.6 Å². The Labute approximate surface area is 145 Å². The average molecular weight is 341 g/mol. The van der Waals surface area contributed by atoms with Gasteiger partial charge >= 0.3 is 0 Å². The third kappa shape index (κ3) is 3.65. The van der Waals surface area contributed by atoms with Gasteiger partial charge in [-0.15, -0.1) is 10.2 Å². The van der Waals surface area contributed by atoms with E-state index in [2.05, 4.69) is 15.5 Å². The molecule has 0 amide bonds. The van der Waals surface area contributed by atoms with Crippen LogP contribution in [0.5, 0.6) is 17.2 Å². The number of hydrogen-bond donors (Lipinski definition) is 1. The molecule has 3 aromatic rings. The topological polar surface area (TPSA) is 78.6 Å². The molecule has 0 radical (unpaired) electrons. The van der Waals surface area contributed by atoms with Crippen LogP contribution in [0, 0.1) is 0 Å². The van der Waals surface area contributed by atoms with Crippen molar-refractivity contribution >= 4 is 5.69 Å². The highest BCUT2D eigenvalue weighted by Crippen LogP contribution is 2.30. The van der Waals surface area contributed by atoms with Crippen LogP contribution in [-0.4, -0.2) is 31.5 Å². The van der Waals surface area contributed by atoms with Crippen molar-refractivity contribution in [3.05, 3.63) is 48.4 Å². The van der Waals surface area contributed by atoms with Crippen molar-refractivity contribution in [3.8, 4) is 28.7 Å². The Morgan fingerprint density at radius 1 is 0.920 bits per heavy atom. The molecule has 7 heteroatoms. The maximum Gasteiger partial charge on any atom is 0.251 e. The van der Waals surface area contributed by atoms with Gasteiger partial charge in [0.2, 0.25) is 5.89 Å². The van der Waals surface area contributed by atoms with E-state index in [4.69, 9.17) is 18.6 Å². The number of hydrogen-bond acceptors (Lipinski definition) is 7. The second kappa shape index (κ2) is 7.57. The molecule has 1 heterocycles. The molecule has 25 heavy (non-hydrogen) atoms. The summed E-state index contributed by atoms with van der Waals surface area (Å²) in [6, 6.07) is 13.0. The Morgan fingerprint density at radius 2 is 1.72 bits per heavy atom. The summed E-state index contributed by atoms with van der Waals surface area (Å²) in [5.74, 6) is 2.94. The minimum absolute atomic E-state index is 0.366. The van der Waals surface area contributed by atoms with Crippen LogP contribution in [0.3, 0.4) is 0 Å². The number of anilines is 1. The Kier molecular flexibility index (Phi) is 5.03. The zero-order chi connectivity index (χ0) is 17.6. The van der Waals surface area contributed by atoms with Crippen LogP contribution in [0.4, 0.5) is 5.69 Å². The van der Waals surface area contributed by atoms with E-state index in [9.17, 15) is 0 Å². The predicted molar refractivity (Wildman–Crippen MR) is 93.2 cm³/mol. The Morgan fingerprint density at radius 3 is 2.48 bits per heavy atom. The van der Waals surface area contributed by atoms with Crippen LogP contribution >= 0.6 is 0 Å². The molecule has 1 N–H and O–H groups in total. The molecule has 130 valence electrons. The van der Waals surface area contributed by atoms with Crippen LogP contribution in [0.15, 0.2) is 46.9 Å². The smallest absolute Gasteiger partial charge is 0.251 e. The van der Waals surface area contributed by atoms with Gasteiger partial charge < -0.3 is 23.9 Å². The van der Waals surface area contributed by atoms with Crippen molar-refractivity contribution in [1.29, 1.82) is 0 Å². The van der Waals surface area contributed by atoms with E-state index in [-0.39, 0.29) is 0 Å². The second-order valence-corrected chi connectivity index (χ2v) is 5.12. The summed E-state index contributed by atoms with van der Waals surface area (Å²) < 4.78 is 21.6. The standard InChI is InChI=1S/C18H19N3O4/c1-22-12-8-9-14(16(10-12)24-3)19-11-17-20-21-18(25-17)13-6-4-5-7-15(13)23-2/h4-10,19H,11H2,1-3H3. The molecule has 0 aliphatic heterocycles. The van der Waals surface area contributed by atoms with Gasteiger partial charge in [0.05, 0.1) is 39.1 Å². The molecule has 0 aliphatic carbocycles. The van der Waals surface area contributed by atoms with Gasteiger partial charge in [0.15, 0.2) is 0 Å². The maximum absolute atomic E-state index is 5.72. The largest absolute Gasteiger partial charge is 0.497 e. The predicted octanol–water partition coefficient (Wildman–Crippen LogP) is 3.37. The van der Waals surface area contributed by atoms with E-state index in [0.717, 1.165) is 17.0 Å². The Balaban J connectivity index is 1.74. The molecule has 0 aliphatic rings. The number of para-hydroxylation sites is 1. The molecule has 0 fully saturated rings. The van der Waals surface area contributed by atoms with E-state index in [1.54, 1.807) is 27.4 Å². The number of benzene rings is 2. The molecule has 0 saturated heterocycles. The first-order chi connectivity index (χ1) is 12.2. The van der Waals surface area contributed by atoms with Gasteiger partial charge in [0.25, 0.3) is 5.89 Å². The number of methoxy groups -OCH3 is 3. The average Bonchev–Trinajstić information content (AvgIpc) is 3.15. The van der Waals surface area contributed by atoms with Crippen LogP contribution in [-0.2, 0) is 6.54 Å². The molecule has 0 atom stereocenters. The van der Waals surface area contributed by atoms with E-state index in [1.807, 2.05) is 36.4 Å². The quantitative estimate of drug-likeness (QED) is 0.706. The van der Waals surface area contributed by atoms with Crippen LogP contribution < -0.4 is 19.5 Å². The fourth-order valence-corrected chi connectivity index (χ4v) is 2.37. The zero-order valence-corrected chi connectivity index (χ0v) is 14.3. The lowest BCUT2D eigenvalue weighted by atomic mass is 10.2. The van der Waals surface area contributed by atoms with Gasteiger partial charge in [-0.1, -0.05) is 12.1 Å². The normalized spacial score (nSPS) is 10.4. The summed E-state index contributed by atoms with van der Waals surface area (Å²) in [7, 11) is 4.82. The Hall–Kier alpha value is -3.22. The second-order valence-electron chi connectivity index (χ2n) is 5.12. The van der Waals surface area contributed by atoms with Gasteiger partial charge in [-0.2, -0.15) is 0 Å². The molecule has 0 bridgehead atoms. The highest BCUT2D eigenvalue weighted by Gasteiger charge is 2.13. The molecule has 2 aromatic carbocycles.